The van der Waals surface area contributed by atoms with E-state index in [1.54, 1.807) is 0 Å². The summed E-state index contributed by atoms with van der Waals surface area (Å²) >= 11 is 0. The lowest BCUT2D eigenvalue weighted by Gasteiger charge is -2.22. The van der Waals surface area contributed by atoms with E-state index in [0.29, 0.717) is 5.92 Å². The highest BCUT2D eigenvalue weighted by Gasteiger charge is 2.19. The van der Waals surface area contributed by atoms with Crippen LogP contribution in [0.2, 0.25) is 0 Å². The third kappa shape index (κ3) is 2.36. The minimum Gasteiger partial charge on any atom is -0.411 e. The predicted molar refractivity (Wildman–Crippen MR) is 50.6 cm³/mol. The van der Waals surface area contributed by atoms with Gasteiger partial charge in [-0.1, -0.05) is 17.7 Å². The molecular weight excluding hydrogens is 150 g/mol. The fraction of sp³-hybridized carbons (Fsp3) is 0.700. The Morgan fingerprint density at radius 3 is 3.08 bits per heavy atom. The Labute approximate surface area is 74.0 Å². The molecule has 0 spiro atoms. The molecule has 1 atom stereocenters. The monoisotopic (exact) mass is 167 g/mol. The molecule has 0 radical (unpaired) electrons. The van der Waals surface area contributed by atoms with Crippen LogP contribution >= 0.6 is 0 Å². The van der Waals surface area contributed by atoms with E-state index in [4.69, 9.17) is 5.21 Å². The average Bonchev–Trinajstić information content (AvgIpc) is 2.15. The lowest BCUT2D eigenvalue weighted by Crippen LogP contribution is -2.19. The number of nitrogens with zero attached hydrogens (tertiary/aromatic N) is 1. The van der Waals surface area contributed by atoms with Crippen LogP contribution in [0.1, 0.15) is 38.5 Å². The molecule has 0 heterocycles. The smallest absolute Gasteiger partial charge is 0.0601 e. The van der Waals surface area contributed by atoms with Crippen molar-refractivity contribution in [3.63, 3.8) is 0 Å². The fourth-order valence-electron chi connectivity index (χ4n) is 1.83. The van der Waals surface area contributed by atoms with Crippen LogP contribution < -0.4 is 0 Å². The van der Waals surface area contributed by atoms with Crippen molar-refractivity contribution in [2.45, 2.75) is 38.5 Å². The van der Waals surface area contributed by atoms with Crippen LogP contribution in [-0.4, -0.2) is 10.9 Å². The van der Waals surface area contributed by atoms with Gasteiger partial charge in [0.25, 0.3) is 0 Å². The maximum Gasteiger partial charge on any atom is 0.0601 e. The molecule has 0 saturated heterocycles. The quantitative estimate of drug-likeness (QED) is 0.391. The van der Waals surface area contributed by atoms with E-state index in [1.165, 1.54) is 19.3 Å². The summed E-state index contributed by atoms with van der Waals surface area (Å²) in [6.45, 7) is 3.69. The Balaban J connectivity index is 2.42. The lowest BCUT2D eigenvalue weighted by atomic mass is 9.84. The lowest BCUT2D eigenvalue weighted by molar-refractivity contribution is 0.307. The molecule has 0 aromatic carbocycles. The molecule has 1 fully saturated rings. The first-order valence-corrected chi connectivity index (χ1v) is 4.70. The third-order valence-electron chi connectivity index (χ3n) is 2.55. The van der Waals surface area contributed by atoms with E-state index < -0.39 is 0 Å². The molecule has 0 aromatic rings. The van der Waals surface area contributed by atoms with Gasteiger partial charge in [-0.15, -0.1) is 6.58 Å². The Morgan fingerprint density at radius 2 is 2.42 bits per heavy atom. The molecule has 0 aliphatic heterocycles. The molecule has 1 aliphatic carbocycles. The summed E-state index contributed by atoms with van der Waals surface area (Å²) in [7, 11) is 0. The van der Waals surface area contributed by atoms with Crippen molar-refractivity contribution in [2.75, 3.05) is 0 Å². The first-order chi connectivity index (χ1) is 5.88. The van der Waals surface area contributed by atoms with E-state index >= 15 is 0 Å². The summed E-state index contributed by atoms with van der Waals surface area (Å²) in [6.07, 6.45) is 8.70. The molecule has 1 aliphatic rings. The van der Waals surface area contributed by atoms with Crippen molar-refractivity contribution in [3.05, 3.63) is 12.7 Å². The molecule has 0 bridgehead atoms. The van der Waals surface area contributed by atoms with Gasteiger partial charge >= 0.3 is 0 Å². The Hall–Kier alpha value is -0.790. The van der Waals surface area contributed by atoms with Gasteiger partial charge in [-0.05, 0) is 32.1 Å². The van der Waals surface area contributed by atoms with Gasteiger partial charge in [0.15, 0.2) is 0 Å². The number of rotatable bonds is 3. The van der Waals surface area contributed by atoms with Gasteiger partial charge in [0.05, 0.1) is 5.71 Å². The maximum absolute atomic E-state index is 8.72. The molecule has 1 N–H and O–H groups in total. The van der Waals surface area contributed by atoms with Crippen LogP contribution in [0.15, 0.2) is 17.8 Å². The second-order valence-electron chi connectivity index (χ2n) is 3.40. The van der Waals surface area contributed by atoms with Crippen LogP contribution in [0.4, 0.5) is 0 Å². The summed E-state index contributed by atoms with van der Waals surface area (Å²) in [5.74, 6) is 0.516. The second-order valence-corrected chi connectivity index (χ2v) is 3.40. The number of hydrogen-bond acceptors (Lipinski definition) is 2. The summed E-state index contributed by atoms with van der Waals surface area (Å²) in [5, 5.41) is 12.1. The highest BCUT2D eigenvalue weighted by Crippen LogP contribution is 2.25. The minimum absolute atomic E-state index is 0.516. The standard InChI is InChI=1S/C10H17NO/c1-2-3-6-9-7-4-5-8-10(9)11-12/h2,9,12H,1,3-8H2/b11-10-. The van der Waals surface area contributed by atoms with Crippen molar-refractivity contribution in [1.29, 1.82) is 0 Å². The summed E-state index contributed by atoms with van der Waals surface area (Å²) in [4.78, 5) is 0. The van der Waals surface area contributed by atoms with E-state index in [2.05, 4.69) is 11.7 Å². The van der Waals surface area contributed by atoms with Crippen LogP contribution in [0.25, 0.3) is 0 Å². The number of hydrogen-bond donors (Lipinski definition) is 1. The van der Waals surface area contributed by atoms with Crippen LogP contribution in [0, 0.1) is 5.92 Å². The fourth-order valence-corrected chi connectivity index (χ4v) is 1.83. The highest BCUT2D eigenvalue weighted by atomic mass is 16.4. The van der Waals surface area contributed by atoms with Crippen molar-refractivity contribution in [2.24, 2.45) is 11.1 Å². The summed E-state index contributed by atoms with van der Waals surface area (Å²) < 4.78 is 0. The van der Waals surface area contributed by atoms with E-state index in [1.807, 2.05) is 6.08 Å². The molecule has 2 heteroatoms. The summed E-state index contributed by atoms with van der Waals surface area (Å²) in [6, 6.07) is 0. The van der Waals surface area contributed by atoms with Gasteiger partial charge in [-0.25, -0.2) is 0 Å². The van der Waals surface area contributed by atoms with Crippen LogP contribution in [0.3, 0.4) is 0 Å². The average molecular weight is 167 g/mol. The molecule has 0 amide bonds. The first kappa shape index (κ1) is 9.30. The second kappa shape index (κ2) is 4.96. The van der Waals surface area contributed by atoms with Crippen LogP contribution in [-0.2, 0) is 0 Å². The van der Waals surface area contributed by atoms with Gasteiger partial charge in [-0.3, -0.25) is 0 Å². The Bertz CT molecular complexity index is 175. The van der Waals surface area contributed by atoms with Crippen molar-refractivity contribution >= 4 is 5.71 Å². The molecule has 1 saturated carbocycles. The highest BCUT2D eigenvalue weighted by molar-refractivity contribution is 5.86. The predicted octanol–water partition coefficient (Wildman–Crippen LogP) is 2.97. The number of oxime groups is 1. The van der Waals surface area contributed by atoms with Gasteiger partial charge < -0.3 is 5.21 Å². The van der Waals surface area contributed by atoms with Crippen LogP contribution in [0.5, 0.6) is 0 Å². The van der Waals surface area contributed by atoms with Gasteiger partial charge in [0.2, 0.25) is 0 Å². The van der Waals surface area contributed by atoms with E-state index in [-0.39, 0.29) is 0 Å². The molecule has 68 valence electrons. The van der Waals surface area contributed by atoms with Crippen molar-refractivity contribution in [1.82, 2.24) is 0 Å². The minimum atomic E-state index is 0.516. The zero-order chi connectivity index (χ0) is 8.81. The largest absolute Gasteiger partial charge is 0.411 e. The normalized spacial score (nSPS) is 27.3. The first-order valence-electron chi connectivity index (χ1n) is 4.70. The molecule has 0 aromatic heterocycles. The topological polar surface area (TPSA) is 32.6 Å². The SMILES string of the molecule is C=CCCC1CCCC/C1=N/O. The molecule has 12 heavy (non-hydrogen) atoms. The van der Waals surface area contributed by atoms with Crippen molar-refractivity contribution < 1.29 is 5.21 Å². The Morgan fingerprint density at radius 1 is 1.58 bits per heavy atom. The third-order valence-corrected chi connectivity index (χ3v) is 2.55. The summed E-state index contributed by atoms with van der Waals surface area (Å²) in [5.41, 5.74) is 1.00. The zero-order valence-electron chi connectivity index (χ0n) is 7.50. The Kier molecular flexibility index (Phi) is 3.85. The van der Waals surface area contributed by atoms with Gasteiger partial charge in [0.1, 0.15) is 0 Å². The molecule has 1 rings (SSSR count). The zero-order valence-corrected chi connectivity index (χ0v) is 7.50. The number of allylic oxidation sites excluding steroid dienone is 1. The van der Waals surface area contributed by atoms with Gasteiger partial charge in [-0.2, -0.15) is 0 Å². The maximum atomic E-state index is 8.72. The molecular formula is C10H17NO. The van der Waals surface area contributed by atoms with Crippen molar-refractivity contribution in [3.8, 4) is 0 Å². The molecule has 1 unspecified atom stereocenters. The van der Waals surface area contributed by atoms with E-state index in [9.17, 15) is 0 Å². The molecule has 2 nitrogen and oxygen atoms in total. The van der Waals surface area contributed by atoms with Gasteiger partial charge in [0, 0.05) is 5.92 Å². The van der Waals surface area contributed by atoms with E-state index in [0.717, 1.165) is 25.0 Å².